The molecule has 8 heavy (non-hydrogen) atoms. The van der Waals surface area contributed by atoms with Crippen molar-refractivity contribution in [3.63, 3.8) is 0 Å². The predicted octanol–water partition coefficient (Wildman–Crippen LogP) is 0.946. The Hall–Kier alpha value is -0.930. The van der Waals surface area contributed by atoms with Crippen molar-refractivity contribution in [2.45, 2.75) is 13.8 Å². The fourth-order valence-electron chi connectivity index (χ4n) is 0.173. The van der Waals surface area contributed by atoms with Crippen molar-refractivity contribution < 1.29 is 0 Å². The Morgan fingerprint density at radius 1 is 1.62 bits per heavy atom. The molecule has 0 aromatic rings. The number of nitrogens with zero attached hydrogens (tertiary/aromatic N) is 2. The van der Waals surface area contributed by atoms with Gasteiger partial charge in [0, 0.05) is 5.92 Å². The minimum Gasteiger partial charge on any atom is -0.385 e. The van der Waals surface area contributed by atoms with Crippen LogP contribution in [-0.4, -0.2) is 5.84 Å². The highest BCUT2D eigenvalue weighted by molar-refractivity contribution is 5.81. The first-order chi connectivity index (χ1) is 3.68. The van der Waals surface area contributed by atoms with Gasteiger partial charge in [0.1, 0.15) is 5.84 Å². The molecule has 0 aliphatic heterocycles. The minimum absolute atomic E-state index is 0.184. The van der Waals surface area contributed by atoms with E-state index < -0.39 is 0 Å². The zero-order valence-corrected chi connectivity index (χ0v) is 5.05. The molecule has 3 N–H and O–H groups in total. The van der Waals surface area contributed by atoms with Gasteiger partial charge in [-0.05, 0) is 0 Å². The molecule has 46 valence electrons. The van der Waals surface area contributed by atoms with Crippen molar-refractivity contribution in [2.75, 3.05) is 0 Å². The molecule has 0 aromatic heterocycles. The Bertz CT molecular complexity index is 105. The van der Waals surface area contributed by atoms with Crippen LogP contribution in [0.4, 0.5) is 0 Å². The third-order valence-electron chi connectivity index (χ3n) is 0.757. The molecule has 0 bridgehead atoms. The Morgan fingerprint density at radius 2 is 2.12 bits per heavy atom. The normalized spacial score (nSPS) is 12.1. The van der Waals surface area contributed by atoms with Crippen molar-refractivity contribution >= 4 is 5.84 Å². The maximum atomic E-state index is 6.28. The quantitative estimate of drug-likeness (QED) is 0.238. The molecule has 0 rings (SSSR count). The first-order valence-corrected chi connectivity index (χ1v) is 2.38. The van der Waals surface area contributed by atoms with Crippen LogP contribution in [-0.2, 0) is 0 Å². The van der Waals surface area contributed by atoms with Crippen LogP contribution >= 0.6 is 0 Å². The van der Waals surface area contributed by atoms with E-state index in [0.717, 1.165) is 0 Å². The molecular weight excluding hydrogens is 104 g/mol. The molecule has 0 fully saturated rings. The second-order valence-electron chi connectivity index (χ2n) is 1.78. The Balaban J connectivity index is 3.78. The summed E-state index contributed by atoms with van der Waals surface area (Å²) in [5, 5.41) is 6.08. The lowest BCUT2D eigenvalue weighted by Crippen LogP contribution is -2.17. The summed E-state index contributed by atoms with van der Waals surface area (Å²) in [5.74, 6) is 0.587. The first kappa shape index (κ1) is 7.07. The summed E-state index contributed by atoms with van der Waals surface area (Å²) < 4.78 is 0. The molecule has 0 saturated heterocycles. The summed E-state index contributed by atoms with van der Waals surface area (Å²) in [5.41, 5.74) is 11.5. The van der Waals surface area contributed by atoms with Crippen molar-refractivity contribution in [1.29, 1.82) is 5.53 Å². The molecule has 0 atom stereocenters. The van der Waals surface area contributed by atoms with Crippen LogP contribution < -0.4 is 5.73 Å². The van der Waals surface area contributed by atoms with Gasteiger partial charge in [-0.1, -0.05) is 19.1 Å². The Labute approximate surface area is 48.3 Å². The third kappa shape index (κ3) is 2.28. The fourth-order valence-corrected chi connectivity index (χ4v) is 0.173. The molecule has 0 heterocycles. The van der Waals surface area contributed by atoms with E-state index in [4.69, 9.17) is 11.3 Å². The highest BCUT2D eigenvalue weighted by Crippen LogP contribution is 1.90. The SMILES string of the molecule is CC(C)/C(N)=N/N=N. The van der Waals surface area contributed by atoms with Gasteiger partial charge >= 0.3 is 0 Å². The lowest BCUT2D eigenvalue weighted by Gasteiger charge is -1.97. The molecule has 0 amide bonds. The van der Waals surface area contributed by atoms with Gasteiger partial charge in [0.05, 0.1) is 0 Å². The summed E-state index contributed by atoms with van der Waals surface area (Å²) in [6.45, 7) is 3.79. The number of nitrogens with two attached hydrogens (primary N) is 1. The Morgan fingerprint density at radius 3 is 2.25 bits per heavy atom. The van der Waals surface area contributed by atoms with Gasteiger partial charge in [-0.2, -0.15) is 5.53 Å². The molecule has 0 unspecified atom stereocenters. The molecule has 4 nitrogen and oxygen atoms in total. The van der Waals surface area contributed by atoms with Crippen LogP contribution in [0.3, 0.4) is 0 Å². The average Bonchev–Trinajstić information content (AvgIpc) is 1.67. The van der Waals surface area contributed by atoms with Crippen LogP contribution in [0.15, 0.2) is 10.3 Å². The molecule has 0 aliphatic carbocycles. The number of nitrogens with one attached hydrogen (secondary N) is 1. The smallest absolute Gasteiger partial charge is 0.126 e. The van der Waals surface area contributed by atoms with E-state index in [1.165, 1.54) is 0 Å². The van der Waals surface area contributed by atoms with Crippen molar-refractivity contribution in [3.05, 3.63) is 0 Å². The maximum absolute atomic E-state index is 6.28. The number of hydrogen-bond acceptors (Lipinski definition) is 2. The topological polar surface area (TPSA) is 74.6 Å². The van der Waals surface area contributed by atoms with Crippen molar-refractivity contribution in [1.82, 2.24) is 0 Å². The maximum Gasteiger partial charge on any atom is 0.126 e. The van der Waals surface area contributed by atoms with E-state index in [9.17, 15) is 0 Å². The second-order valence-corrected chi connectivity index (χ2v) is 1.78. The number of hydrogen-bond donors (Lipinski definition) is 2. The molecule has 4 heteroatoms. The molecule has 0 spiro atoms. The van der Waals surface area contributed by atoms with Gasteiger partial charge in [-0.3, -0.25) is 0 Å². The van der Waals surface area contributed by atoms with Crippen LogP contribution in [0.25, 0.3) is 0 Å². The minimum atomic E-state index is 0.184. The van der Waals surface area contributed by atoms with Gasteiger partial charge in [-0.25, -0.2) is 0 Å². The van der Waals surface area contributed by atoms with Crippen molar-refractivity contribution in [2.24, 2.45) is 22.0 Å². The summed E-state index contributed by atoms with van der Waals surface area (Å²) in [6, 6.07) is 0. The van der Waals surface area contributed by atoms with Gasteiger partial charge < -0.3 is 5.73 Å². The fraction of sp³-hybridized carbons (Fsp3) is 0.750. The lowest BCUT2D eigenvalue weighted by molar-refractivity contribution is 0.847. The number of rotatable bonds is 2. The second kappa shape index (κ2) is 3.12. The zero-order chi connectivity index (χ0) is 6.57. The molecule has 0 saturated carbocycles. The Kier molecular flexibility index (Phi) is 2.76. The summed E-state index contributed by atoms with van der Waals surface area (Å²) >= 11 is 0. The van der Waals surface area contributed by atoms with E-state index in [1.807, 2.05) is 13.8 Å². The summed E-state index contributed by atoms with van der Waals surface area (Å²) in [4.78, 5) is 0. The van der Waals surface area contributed by atoms with Gasteiger partial charge in [0.15, 0.2) is 0 Å². The number of amidine groups is 1. The van der Waals surface area contributed by atoms with E-state index in [2.05, 4.69) is 10.3 Å². The van der Waals surface area contributed by atoms with E-state index >= 15 is 0 Å². The van der Waals surface area contributed by atoms with Crippen LogP contribution in [0.2, 0.25) is 0 Å². The standard InChI is InChI=1S/C4H10N4/c1-3(2)4(5)7-8-6/h3H,1-2H3,(H3,5,6,7). The van der Waals surface area contributed by atoms with Crippen LogP contribution in [0, 0.1) is 11.4 Å². The van der Waals surface area contributed by atoms with E-state index in [-0.39, 0.29) is 5.92 Å². The van der Waals surface area contributed by atoms with Crippen LogP contribution in [0.5, 0.6) is 0 Å². The van der Waals surface area contributed by atoms with Crippen molar-refractivity contribution in [3.8, 4) is 0 Å². The first-order valence-electron chi connectivity index (χ1n) is 2.38. The molecule has 0 aromatic carbocycles. The van der Waals surface area contributed by atoms with Gasteiger partial charge in [-0.15, -0.1) is 5.10 Å². The third-order valence-corrected chi connectivity index (χ3v) is 0.757. The zero-order valence-electron chi connectivity index (χ0n) is 5.05. The highest BCUT2D eigenvalue weighted by Gasteiger charge is 1.95. The molecular formula is C4H10N4. The average molecular weight is 114 g/mol. The van der Waals surface area contributed by atoms with Gasteiger partial charge in [0.25, 0.3) is 0 Å². The van der Waals surface area contributed by atoms with Crippen LogP contribution in [0.1, 0.15) is 13.8 Å². The highest BCUT2D eigenvalue weighted by atomic mass is 15.3. The summed E-state index contributed by atoms with van der Waals surface area (Å²) in [7, 11) is 0. The largest absolute Gasteiger partial charge is 0.385 e. The molecule has 0 aliphatic rings. The van der Waals surface area contributed by atoms with E-state index in [1.54, 1.807) is 0 Å². The molecule has 0 radical (unpaired) electrons. The van der Waals surface area contributed by atoms with Gasteiger partial charge in [0.2, 0.25) is 0 Å². The predicted molar refractivity (Wildman–Crippen MR) is 31.6 cm³/mol. The lowest BCUT2D eigenvalue weighted by atomic mass is 10.2. The van der Waals surface area contributed by atoms with E-state index in [0.29, 0.717) is 5.84 Å². The summed E-state index contributed by atoms with van der Waals surface area (Å²) in [6.07, 6.45) is 0. The monoisotopic (exact) mass is 114 g/mol.